The third-order valence-corrected chi connectivity index (χ3v) is 2.92. The molecule has 1 aromatic heterocycles. The van der Waals surface area contributed by atoms with Crippen LogP contribution in [0.1, 0.15) is 23.6 Å². The van der Waals surface area contributed by atoms with Gasteiger partial charge in [-0.15, -0.1) is 0 Å². The van der Waals surface area contributed by atoms with Crippen LogP contribution in [0.25, 0.3) is 0 Å². The van der Waals surface area contributed by atoms with E-state index in [9.17, 15) is 5.26 Å². The Hall–Kier alpha value is -3.25. The van der Waals surface area contributed by atoms with Gasteiger partial charge in [0.05, 0.1) is 13.7 Å². The van der Waals surface area contributed by atoms with E-state index in [0.717, 1.165) is 11.3 Å². The molecule has 6 heteroatoms. The SMILES string of the molecule is CCOc1[nH]c(/N=C/c2ccc(OC)cc2)c(C#N)c1C#N. The Labute approximate surface area is 128 Å². The molecule has 0 saturated heterocycles. The smallest absolute Gasteiger partial charge is 0.212 e. The predicted molar refractivity (Wildman–Crippen MR) is 81.6 cm³/mol. The normalized spacial score (nSPS) is 10.2. The second kappa shape index (κ2) is 6.96. The Balaban J connectivity index is 2.34. The average Bonchev–Trinajstić information content (AvgIpc) is 2.90. The molecule has 1 aromatic carbocycles. The van der Waals surface area contributed by atoms with Crippen LogP contribution in [0, 0.1) is 22.7 Å². The lowest BCUT2D eigenvalue weighted by Crippen LogP contribution is -1.93. The predicted octanol–water partition coefficient (Wildman–Crippen LogP) is 2.92. The minimum Gasteiger partial charge on any atom is -0.497 e. The Morgan fingerprint density at radius 3 is 2.41 bits per heavy atom. The van der Waals surface area contributed by atoms with Crippen LogP contribution in [-0.2, 0) is 0 Å². The lowest BCUT2D eigenvalue weighted by Gasteiger charge is -1.98. The molecule has 2 aromatic rings. The van der Waals surface area contributed by atoms with E-state index in [1.54, 1.807) is 20.2 Å². The second-order valence-electron chi connectivity index (χ2n) is 4.24. The lowest BCUT2D eigenvalue weighted by atomic mass is 10.2. The van der Waals surface area contributed by atoms with E-state index in [1.807, 2.05) is 36.4 Å². The van der Waals surface area contributed by atoms with Crippen molar-refractivity contribution in [1.82, 2.24) is 4.98 Å². The van der Waals surface area contributed by atoms with Gasteiger partial charge in [-0.3, -0.25) is 0 Å². The Bertz CT molecular complexity index is 761. The van der Waals surface area contributed by atoms with E-state index in [2.05, 4.69) is 9.98 Å². The molecule has 22 heavy (non-hydrogen) atoms. The lowest BCUT2D eigenvalue weighted by molar-refractivity contribution is 0.328. The first kappa shape index (κ1) is 15.1. The minimum absolute atomic E-state index is 0.172. The van der Waals surface area contributed by atoms with Crippen molar-refractivity contribution >= 4 is 12.0 Å². The van der Waals surface area contributed by atoms with Crippen molar-refractivity contribution in [3.05, 3.63) is 41.0 Å². The van der Waals surface area contributed by atoms with E-state index < -0.39 is 0 Å². The number of aromatic amines is 1. The highest BCUT2D eigenvalue weighted by atomic mass is 16.5. The molecular weight excluding hydrogens is 280 g/mol. The number of nitrogens with one attached hydrogen (secondary N) is 1. The van der Waals surface area contributed by atoms with Crippen LogP contribution in [0.5, 0.6) is 11.6 Å². The van der Waals surface area contributed by atoms with Gasteiger partial charge in [-0.05, 0) is 36.8 Å². The molecular formula is C16H14N4O2. The molecule has 0 aliphatic heterocycles. The van der Waals surface area contributed by atoms with E-state index >= 15 is 0 Å². The van der Waals surface area contributed by atoms with Crippen molar-refractivity contribution < 1.29 is 9.47 Å². The number of aromatic nitrogens is 1. The summed E-state index contributed by atoms with van der Waals surface area (Å²) in [6, 6.07) is 11.3. The van der Waals surface area contributed by atoms with E-state index in [0.29, 0.717) is 12.4 Å². The van der Waals surface area contributed by atoms with E-state index in [-0.39, 0.29) is 17.0 Å². The van der Waals surface area contributed by atoms with E-state index in [1.165, 1.54) is 0 Å². The Morgan fingerprint density at radius 1 is 1.18 bits per heavy atom. The van der Waals surface area contributed by atoms with Crippen LogP contribution in [0.4, 0.5) is 5.82 Å². The summed E-state index contributed by atoms with van der Waals surface area (Å²) < 4.78 is 10.4. The number of hydrogen-bond donors (Lipinski definition) is 1. The van der Waals surface area contributed by atoms with Crippen LogP contribution in [0.3, 0.4) is 0 Å². The summed E-state index contributed by atoms with van der Waals surface area (Å²) in [5.41, 5.74) is 1.19. The summed E-state index contributed by atoms with van der Waals surface area (Å²) in [7, 11) is 1.60. The number of ether oxygens (including phenoxy) is 2. The highest BCUT2D eigenvalue weighted by Gasteiger charge is 2.17. The number of methoxy groups -OCH3 is 1. The zero-order valence-corrected chi connectivity index (χ0v) is 12.3. The molecule has 0 aliphatic carbocycles. The monoisotopic (exact) mass is 294 g/mol. The molecule has 6 nitrogen and oxygen atoms in total. The summed E-state index contributed by atoms with van der Waals surface area (Å²) in [4.78, 5) is 7.10. The van der Waals surface area contributed by atoms with Gasteiger partial charge in [0.25, 0.3) is 0 Å². The maximum Gasteiger partial charge on any atom is 0.212 e. The number of rotatable bonds is 5. The fourth-order valence-electron chi connectivity index (χ4n) is 1.86. The van der Waals surface area contributed by atoms with Crippen LogP contribution < -0.4 is 9.47 Å². The fraction of sp³-hybridized carbons (Fsp3) is 0.188. The van der Waals surface area contributed by atoms with Gasteiger partial charge in [0, 0.05) is 6.21 Å². The summed E-state index contributed by atoms with van der Waals surface area (Å²) in [5, 5.41) is 18.4. The molecule has 110 valence electrons. The van der Waals surface area contributed by atoms with Crippen molar-refractivity contribution in [2.45, 2.75) is 6.92 Å². The summed E-state index contributed by atoms with van der Waals surface area (Å²) >= 11 is 0. The van der Waals surface area contributed by atoms with Crippen LogP contribution in [0.15, 0.2) is 29.3 Å². The minimum atomic E-state index is 0.172. The molecule has 0 spiro atoms. The number of aliphatic imine (C=N–C) groups is 1. The van der Waals surface area contributed by atoms with Gasteiger partial charge in [0.2, 0.25) is 5.88 Å². The average molecular weight is 294 g/mol. The number of hydrogen-bond acceptors (Lipinski definition) is 5. The molecule has 0 bridgehead atoms. The van der Waals surface area contributed by atoms with Gasteiger partial charge in [-0.1, -0.05) is 0 Å². The highest BCUT2D eigenvalue weighted by Crippen LogP contribution is 2.29. The zero-order chi connectivity index (χ0) is 15.9. The molecule has 0 radical (unpaired) electrons. The largest absolute Gasteiger partial charge is 0.497 e. The summed E-state index contributed by atoms with van der Waals surface area (Å²) in [6.07, 6.45) is 1.60. The maximum atomic E-state index is 9.21. The highest BCUT2D eigenvalue weighted by molar-refractivity contribution is 5.83. The van der Waals surface area contributed by atoms with Crippen molar-refractivity contribution in [3.63, 3.8) is 0 Å². The molecule has 2 rings (SSSR count). The third kappa shape index (κ3) is 3.08. The zero-order valence-electron chi connectivity index (χ0n) is 12.3. The Morgan fingerprint density at radius 2 is 1.86 bits per heavy atom. The summed E-state index contributed by atoms with van der Waals surface area (Å²) in [5.74, 6) is 1.32. The van der Waals surface area contributed by atoms with Crippen LogP contribution >= 0.6 is 0 Å². The molecule has 0 fully saturated rings. The Kier molecular flexibility index (Phi) is 4.79. The molecule has 0 saturated carbocycles. The van der Waals surface area contributed by atoms with Gasteiger partial charge in [0.1, 0.15) is 29.0 Å². The molecule has 1 heterocycles. The third-order valence-electron chi connectivity index (χ3n) is 2.92. The summed E-state index contributed by atoms with van der Waals surface area (Å²) in [6.45, 7) is 2.19. The quantitative estimate of drug-likeness (QED) is 0.858. The topological polar surface area (TPSA) is 94.2 Å². The number of H-pyrrole nitrogens is 1. The molecule has 0 atom stereocenters. The first-order chi connectivity index (χ1) is 10.7. The van der Waals surface area contributed by atoms with Gasteiger partial charge in [-0.2, -0.15) is 10.5 Å². The number of nitrogens with zero attached hydrogens (tertiary/aromatic N) is 3. The second-order valence-corrected chi connectivity index (χ2v) is 4.24. The first-order valence-electron chi connectivity index (χ1n) is 6.60. The van der Waals surface area contributed by atoms with Crippen molar-refractivity contribution in [1.29, 1.82) is 10.5 Å². The van der Waals surface area contributed by atoms with Crippen molar-refractivity contribution in [3.8, 4) is 23.8 Å². The van der Waals surface area contributed by atoms with Crippen LogP contribution in [-0.4, -0.2) is 24.9 Å². The number of nitriles is 2. The molecule has 0 unspecified atom stereocenters. The molecule has 0 aliphatic rings. The fourth-order valence-corrected chi connectivity index (χ4v) is 1.86. The molecule has 1 N–H and O–H groups in total. The van der Waals surface area contributed by atoms with E-state index in [4.69, 9.17) is 14.7 Å². The van der Waals surface area contributed by atoms with Crippen molar-refractivity contribution in [2.75, 3.05) is 13.7 Å². The number of benzene rings is 1. The first-order valence-corrected chi connectivity index (χ1v) is 6.60. The van der Waals surface area contributed by atoms with Gasteiger partial charge in [0.15, 0.2) is 5.82 Å². The van der Waals surface area contributed by atoms with Gasteiger partial charge in [-0.25, -0.2) is 4.99 Å². The van der Waals surface area contributed by atoms with Gasteiger partial charge >= 0.3 is 0 Å². The standard InChI is InChI=1S/C16H14N4O2/c1-3-22-16-14(9-18)13(8-17)15(20-16)19-10-11-4-6-12(21-2)7-5-11/h4-7,10,20H,3H2,1-2H3/b19-10+. The maximum absolute atomic E-state index is 9.21. The van der Waals surface area contributed by atoms with Gasteiger partial charge < -0.3 is 14.5 Å². The molecule has 0 amide bonds. The van der Waals surface area contributed by atoms with Crippen molar-refractivity contribution in [2.24, 2.45) is 4.99 Å². The van der Waals surface area contributed by atoms with Crippen LogP contribution in [0.2, 0.25) is 0 Å².